The maximum absolute atomic E-state index is 14.2. The van der Waals surface area contributed by atoms with Crippen LogP contribution in [-0.2, 0) is 26.7 Å². The van der Waals surface area contributed by atoms with Crippen molar-refractivity contribution < 1.29 is 49.9 Å². The van der Waals surface area contributed by atoms with Gasteiger partial charge in [0, 0.05) is 54.0 Å². The van der Waals surface area contributed by atoms with Crippen molar-refractivity contribution in [3.05, 3.63) is 89.2 Å². The van der Waals surface area contributed by atoms with E-state index in [9.17, 15) is 49.9 Å². The lowest BCUT2D eigenvalue weighted by Crippen LogP contribution is -2.50. The molecule has 17 heteroatoms. The molecule has 1 aliphatic carbocycles. The number of benzene rings is 3. The first kappa shape index (κ1) is 44.1. The smallest absolute Gasteiger partial charge is 0.356 e. The number of carbonyl (C=O) groups excluding carboxylic acids is 4. The fraction of sp³-hybridized carbons (Fsp3) is 0.442. The van der Waals surface area contributed by atoms with Crippen LogP contribution >= 0.6 is 0 Å². The topological polar surface area (TPSA) is 160 Å². The van der Waals surface area contributed by atoms with Crippen molar-refractivity contribution in [3.63, 3.8) is 0 Å². The Morgan fingerprint density at radius 1 is 0.883 bits per heavy atom. The van der Waals surface area contributed by atoms with Crippen molar-refractivity contribution in [1.29, 1.82) is 0 Å². The summed E-state index contributed by atoms with van der Waals surface area (Å²) < 4.78 is 93.5. The van der Waals surface area contributed by atoms with E-state index in [1.807, 2.05) is 43.3 Å². The van der Waals surface area contributed by atoms with Gasteiger partial charge in [-0.2, -0.15) is 35.8 Å². The minimum absolute atomic E-state index is 0.0218. The number of nitrogens with two attached hydrogens (primary N) is 1. The average molecular weight is 843 g/mol. The van der Waals surface area contributed by atoms with Gasteiger partial charge in [0.1, 0.15) is 5.78 Å². The maximum atomic E-state index is 14.2. The zero-order valence-electron chi connectivity index (χ0n) is 32.7. The van der Waals surface area contributed by atoms with Crippen molar-refractivity contribution in [2.24, 2.45) is 29.4 Å². The standard InChI is InChI=1S/C43H45F7N6O4/c1-24-19-30(36(58)21-31-3-2-18-52-38(31)59)14-17-34(24)27-8-4-25(5-9-27)20-32(22-35(57)28-10-6-26(23-51)7-11-28)39(60)53-33-15-12-29(13-16-33)37-54-40(56-55-37)41(44,45)42(46,47)43(48,49)50/h4-5,8-9,12-17,19,26,28,31-32H,2-3,6-7,10-11,18,20-23,51H2,1H3,(H,52,59)(H,53,60)(H,54,55,56)/t26?,28?,31?,32-/m1/s1. The molecule has 2 fully saturated rings. The molecule has 10 nitrogen and oxygen atoms in total. The summed E-state index contributed by atoms with van der Waals surface area (Å²) in [6, 6.07) is 18.2. The van der Waals surface area contributed by atoms with Crippen LogP contribution in [0.25, 0.3) is 22.5 Å². The third-order valence-electron chi connectivity index (χ3n) is 11.5. The molecule has 1 saturated heterocycles. The summed E-state index contributed by atoms with van der Waals surface area (Å²) in [5.74, 6) is -16.4. The number of anilines is 1. The summed E-state index contributed by atoms with van der Waals surface area (Å²) in [7, 11) is 0. The van der Waals surface area contributed by atoms with Gasteiger partial charge in [0.15, 0.2) is 11.6 Å². The fourth-order valence-electron chi connectivity index (χ4n) is 7.83. The van der Waals surface area contributed by atoms with Crippen LogP contribution in [0.1, 0.15) is 78.7 Å². The first-order valence-corrected chi connectivity index (χ1v) is 19.8. The molecule has 5 N–H and O–H groups in total. The van der Waals surface area contributed by atoms with Crippen LogP contribution in [0.5, 0.6) is 0 Å². The number of piperidine rings is 1. The molecule has 4 aromatic rings. The number of nitrogens with zero attached hydrogens (tertiary/aromatic N) is 2. The largest absolute Gasteiger partial charge is 0.460 e. The van der Waals surface area contributed by atoms with Crippen LogP contribution in [0.2, 0.25) is 0 Å². The van der Waals surface area contributed by atoms with Gasteiger partial charge in [-0.15, -0.1) is 0 Å². The Morgan fingerprint density at radius 2 is 1.55 bits per heavy atom. The molecule has 1 aromatic heterocycles. The number of nitrogens with one attached hydrogen (secondary N) is 3. The third kappa shape index (κ3) is 9.77. The Hall–Kier alpha value is -5.45. The average Bonchev–Trinajstić information content (AvgIpc) is 3.73. The minimum atomic E-state index is -6.55. The van der Waals surface area contributed by atoms with Crippen LogP contribution in [0, 0.1) is 30.6 Å². The van der Waals surface area contributed by atoms with Gasteiger partial charge in [0.2, 0.25) is 17.6 Å². The number of amides is 2. The van der Waals surface area contributed by atoms with Gasteiger partial charge in [-0.3, -0.25) is 24.3 Å². The van der Waals surface area contributed by atoms with E-state index in [4.69, 9.17) is 5.73 Å². The number of hydrogen-bond acceptors (Lipinski definition) is 7. The van der Waals surface area contributed by atoms with Crippen molar-refractivity contribution in [2.75, 3.05) is 18.4 Å². The second kappa shape index (κ2) is 18.0. The van der Waals surface area contributed by atoms with Crippen molar-refractivity contribution in [3.8, 4) is 22.5 Å². The van der Waals surface area contributed by atoms with Gasteiger partial charge in [0.25, 0.3) is 0 Å². The van der Waals surface area contributed by atoms with E-state index in [-0.39, 0.29) is 59.8 Å². The summed E-state index contributed by atoms with van der Waals surface area (Å²) in [5.41, 5.74) is 9.97. The van der Waals surface area contributed by atoms with Crippen molar-refractivity contribution in [1.82, 2.24) is 20.5 Å². The highest BCUT2D eigenvalue weighted by molar-refractivity contribution is 5.99. The summed E-state index contributed by atoms with van der Waals surface area (Å²) >= 11 is 0. The summed E-state index contributed by atoms with van der Waals surface area (Å²) in [6.07, 6.45) is -1.75. The van der Waals surface area contributed by atoms with E-state index < -0.39 is 41.5 Å². The molecular formula is C43H45F7N6O4. The van der Waals surface area contributed by atoms with Crippen LogP contribution in [0.15, 0.2) is 66.7 Å². The van der Waals surface area contributed by atoms with E-state index in [1.54, 1.807) is 6.07 Å². The molecule has 320 valence electrons. The van der Waals surface area contributed by atoms with E-state index in [0.717, 1.165) is 41.5 Å². The number of carbonyl (C=O) groups is 4. The quantitative estimate of drug-likeness (QED) is 0.0692. The molecule has 2 heterocycles. The minimum Gasteiger partial charge on any atom is -0.356 e. The number of aromatic amines is 1. The molecule has 0 bridgehead atoms. The summed E-state index contributed by atoms with van der Waals surface area (Å²) in [6.45, 7) is 3.06. The van der Waals surface area contributed by atoms with Gasteiger partial charge in [0.05, 0.1) is 0 Å². The number of aromatic nitrogens is 3. The molecule has 2 amide bonds. The third-order valence-corrected chi connectivity index (χ3v) is 11.5. The van der Waals surface area contributed by atoms with Crippen LogP contribution in [-0.4, -0.2) is 63.8 Å². The first-order valence-electron chi connectivity index (χ1n) is 19.8. The van der Waals surface area contributed by atoms with E-state index in [1.165, 1.54) is 29.4 Å². The van der Waals surface area contributed by atoms with E-state index in [0.29, 0.717) is 43.8 Å². The first-order chi connectivity index (χ1) is 28.4. The SMILES string of the molecule is Cc1cc(C(=O)CC2CCCNC2=O)ccc1-c1ccc(C[C@H](CC(=O)C2CCC(CN)CC2)C(=O)Nc2ccc(-c3n[nH]c(C(F)(F)C(F)(F)C(F)(F)F)n3)cc2)cc1. The van der Waals surface area contributed by atoms with Crippen molar-refractivity contribution in [2.45, 2.75) is 82.7 Å². The number of halogens is 7. The van der Waals surface area contributed by atoms with Gasteiger partial charge in [-0.05, 0) is 117 Å². The normalized spacial score (nSPS) is 19.4. The lowest BCUT2D eigenvalue weighted by Gasteiger charge is -2.27. The molecule has 0 radical (unpaired) electrons. The molecule has 1 saturated carbocycles. The zero-order valence-corrected chi connectivity index (χ0v) is 32.7. The Balaban J connectivity index is 1.15. The predicted octanol–water partition coefficient (Wildman–Crippen LogP) is 8.36. The summed E-state index contributed by atoms with van der Waals surface area (Å²) in [5, 5.41) is 10.4. The molecule has 1 aliphatic heterocycles. The molecule has 2 aliphatic rings. The van der Waals surface area contributed by atoms with Crippen LogP contribution < -0.4 is 16.4 Å². The van der Waals surface area contributed by atoms with E-state index in [2.05, 4.69) is 20.7 Å². The van der Waals surface area contributed by atoms with Gasteiger partial charge < -0.3 is 16.4 Å². The molecule has 60 heavy (non-hydrogen) atoms. The van der Waals surface area contributed by atoms with Gasteiger partial charge in [-0.1, -0.05) is 36.4 Å². The fourth-order valence-corrected chi connectivity index (χ4v) is 7.83. The van der Waals surface area contributed by atoms with Gasteiger partial charge >= 0.3 is 18.0 Å². The number of aryl methyl sites for hydroxylation is 1. The van der Waals surface area contributed by atoms with Gasteiger partial charge in [-0.25, -0.2) is 4.98 Å². The highest BCUT2D eigenvalue weighted by atomic mass is 19.4. The Kier molecular flexibility index (Phi) is 13.3. The lowest BCUT2D eigenvalue weighted by molar-refractivity contribution is -0.361. The highest BCUT2D eigenvalue weighted by Gasteiger charge is 2.75. The van der Waals surface area contributed by atoms with Crippen LogP contribution in [0.3, 0.4) is 0 Å². The molecule has 2 atom stereocenters. The lowest BCUT2D eigenvalue weighted by atomic mass is 9.77. The Bertz CT molecular complexity index is 2180. The Morgan fingerprint density at radius 3 is 2.17 bits per heavy atom. The molecule has 1 unspecified atom stereocenters. The highest BCUT2D eigenvalue weighted by Crippen LogP contribution is 2.51. The molecule has 0 spiro atoms. The van der Waals surface area contributed by atoms with Crippen molar-refractivity contribution >= 4 is 29.1 Å². The number of ketones is 2. The van der Waals surface area contributed by atoms with E-state index >= 15 is 0 Å². The molecule has 6 rings (SSSR count). The monoisotopic (exact) mass is 842 g/mol. The number of hydrogen-bond donors (Lipinski definition) is 4. The second-order valence-electron chi connectivity index (χ2n) is 15.7. The number of Topliss-reactive ketones (excluding diaryl/α,β-unsaturated/α-hetero) is 2. The predicted molar refractivity (Wildman–Crippen MR) is 208 cm³/mol. The number of alkyl halides is 7. The van der Waals surface area contributed by atoms with Crippen LogP contribution in [0.4, 0.5) is 36.4 Å². The number of rotatable bonds is 15. The number of H-pyrrole nitrogens is 1. The summed E-state index contributed by atoms with van der Waals surface area (Å²) in [4.78, 5) is 55.8. The maximum Gasteiger partial charge on any atom is 0.460 e. The molecule has 3 aromatic carbocycles. The Labute approximate surface area is 341 Å². The second-order valence-corrected chi connectivity index (χ2v) is 15.7. The molecular weight excluding hydrogens is 797 g/mol. The zero-order chi connectivity index (χ0) is 43.4.